The maximum atomic E-state index is 13.3. The highest BCUT2D eigenvalue weighted by atomic mass is 35.5. The van der Waals surface area contributed by atoms with Gasteiger partial charge in [-0.15, -0.1) is 24.2 Å². The van der Waals surface area contributed by atoms with Crippen LogP contribution in [0.15, 0.2) is 12.1 Å². The Morgan fingerprint density at radius 2 is 2.00 bits per heavy atom. The lowest BCUT2D eigenvalue weighted by atomic mass is 10.2. The Bertz CT molecular complexity index is 571. The van der Waals surface area contributed by atoms with Gasteiger partial charge in [0.1, 0.15) is 0 Å². The molecule has 1 aliphatic heterocycles. The first-order valence-electron chi connectivity index (χ1n) is 6.01. The molecule has 1 aromatic rings. The van der Waals surface area contributed by atoms with E-state index in [-0.39, 0.29) is 30.9 Å². The van der Waals surface area contributed by atoms with E-state index in [1.807, 2.05) is 0 Å². The van der Waals surface area contributed by atoms with Gasteiger partial charge in [0.2, 0.25) is 11.8 Å². The summed E-state index contributed by atoms with van der Waals surface area (Å²) in [7, 11) is 0. The van der Waals surface area contributed by atoms with Crippen LogP contribution in [0.1, 0.15) is 0 Å². The topological polar surface area (TPSA) is 70.2 Å². The van der Waals surface area contributed by atoms with Crippen LogP contribution < -0.4 is 16.0 Å². The second-order valence-electron chi connectivity index (χ2n) is 4.26. The molecule has 1 aliphatic rings. The molecule has 2 rings (SSSR count). The molecule has 1 atom stereocenters. The molecule has 1 heterocycles. The molecule has 2 amide bonds. The maximum absolute atomic E-state index is 13.3. The molecule has 5 nitrogen and oxygen atoms in total. The Labute approximate surface area is 134 Å². The predicted molar refractivity (Wildman–Crippen MR) is 79.5 cm³/mol. The Balaban J connectivity index is 0.00000242. The molecular weight excluding hydrogens is 343 g/mol. The average molecular weight is 356 g/mol. The Morgan fingerprint density at radius 3 is 2.64 bits per heavy atom. The third-order valence-corrected chi connectivity index (χ3v) is 3.71. The standard InChI is InChI=1S/C12H12F3N3O2S.ClH/c13-6-1-2-7(11(15)10(6)14)18-9(19)3-16-12(20)8-4-21-5-17-8;/h1-2,8,17H,3-5H2,(H,16,20)(H,18,19);1H. The van der Waals surface area contributed by atoms with Crippen LogP contribution in [-0.4, -0.2) is 36.0 Å². The van der Waals surface area contributed by atoms with E-state index in [1.165, 1.54) is 0 Å². The van der Waals surface area contributed by atoms with Crippen molar-refractivity contribution in [3.63, 3.8) is 0 Å². The molecule has 1 saturated heterocycles. The smallest absolute Gasteiger partial charge is 0.243 e. The molecular formula is C12H13ClF3N3O2S. The van der Waals surface area contributed by atoms with Gasteiger partial charge in [-0.3, -0.25) is 14.9 Å². The van der Waals surface area contributed by atoms with Gasteiger partial charge in [0.15, 0.2) is 17.5 Å². The van der Waals surface area contributed by atoms with Crippen LogP contribution in [0.25, 0.3) is 0 Å². The number of carbonyl (C=O) groups excluding carboxylic acids is 2. The quantitative estimate of drug-likeness (QED) is 0.711. The van der Waals surface area contributed by atoms with Crippen molar-refractivity contribution in [3.8, 4) is 0 Å². The maximum Gasteiger partial charge on any atom is 0.243 e. The molecule has 3 N–H and O–H groups in total. The average Bonchev–Trinajstić information content (AvgIpc) is 3.00. The van der Waals surface area contributed by atoms with Crippen LogP contribution in [0.5, 0.6) is 0 Å². The van der Waals surface area contributed by atoms with Gasteiger partial charge in [-0.1, -0.05) is 0 Å². The van der Waals surface area contributed by atoms with Crippen LogP contribution >= 0.6 is 24.2 Å². The number of amides is 2. The second kappa shape index (κ2) is 8.25. The van der Waals surface area contributed by atoms with Crippen LogP contribution in [0, 0.1) is 17.5 Å². The molecule has 0 bridgehead atoms. The molecule has 10 heteroatoms. The molecule has 1 unspecified atom stereocenters. The van der Waals surface area contributed by atoms with E-state index in [1.54, 1.807) is 11.8 Å². The molecule has 122 valence electrons. The molecule has 0 aliphatic carbocycles. The van der Waals surface area contributed by atoms with Gasteiger partial charge in [-0.2, -0.15) is 0 Å². The summed E-state index contributed by atoms with van der Waals surface area (Å²) in [5, 5.41) is 7.36. The molecule has 0 spiro atoms. The van der Waals surface area contributed by atoms with Gasteiger partial charge in [0.25, 0.3) is 0 Å². The summed E-state index contributed by atoms with van der Waals surface area (Å²) in [6, 6.07) is 1.23. The minimum atomic E-state index is -1.66. The number of rotatable bonds is 4. The number of anilines is 1. The van der Waals surface area contributed by atoms with Crippen molar-refractivity contribution in [1.29, 1.82) is 0 Å². The Morgan fingerprint density at radius 1 is 1.27 bits per heavy atom. The summed E-state index contributed by atoms with van der Waals surface area (Å²) in [5.74, 6) is -4.31. The van der Waals surface area contributed by atoms with Crippen molar-refractivity contribution in [2.75, 3.05) is 23.5 Å². The van der Waals surface area contributed by atoms with Crippen molar-refractivity contribution >= 4 is 41.7 Å². The molecule has 0 radical (unpaired) electrons. The third-order valence-electron chi connectivity index (χ3n) is 2.77. The van der Waals surface area contributed by atoms with Gasteiger partial charge in [0, 0.05) is 11.6 Å². The van der Waals surface area contributed by atoms with E-state index in [0.717, 1.165) is 6.07 Å². The minimum Gasteiger partial charge on any atom is -0.346 e. The highest BCUT2D eigenvalue weighted by Gasteiger charge is 2.23. The number of thioether (sulfide) groups is 1. The summed E-state index contributed by atoms with van der Waals surface area (Å²) in [5.41, 5.74) is -0.484. The van der Waals surface area contributed by atoms with Crippen molar-refractivity contribution in [3.05, 3.63) is 29.6 Å². The van der Waals surface area contributed by atoms with Crippen LogP contribution in [0.4, 0.5) is 18.9 Å². The zero-order valence-electron chi connectivity index (χ0n) is 11.1. The lowest BCUT2D eigenvalue weighted by molar-refractivity contribution is -0.125. The lowest BCUT2D eigenvalue weighted by Crippen LogP contribution is -2.44. The number of hydrogen-bond acceptors (Lipinski definition) is 4. The van der Waals surface area contributed by atoms with Crippen LogP contribution in [0.3, 0.4) is 0 Å². The summed E-state index contributed by atoms with van der Waals surface area (Å²) >= 11 is 1.55. The second-order valence-corrected chi connectivity index (χ2v) is 5.29. The summed E-state index contributed by atoms with van der Waals surface area (Å²) in [6.07, 6.45) is 0. The number of nitrogens with one attached hydrogen (secondary N) is 3. The summed E-state index contributed by atoms with van der Waals surface area (Å²) in [6.45, 7) is -0.389. The molecule has 0 aromatic heterocycles. The largest absolute Gasteiger partial charge is 0.346 e. The van der Waals surface area contributed by atoms with Gasteiger partial charge < -0.3 is 10.6 Å². The zero-order chi connectivity index (χ0) is 15.4. The Kier molecular flexibility index (Phi) is 6.98. The predicted octanol–water partition coefficient (Wildman–Crippen LogP) is 1.24. The highest BCUT2D eigenvalue weighted by molar-refractivity contribution is 7.99. The van der Waals surface area contributed by atoms with E-state index >= 15 is 0 Å². The van der Waals surface area contributed by atoms with Crippen molar-refractivity contribution < 1.29 is 22.8 Å². The van der Waals surface area contributed by atoms with Crippen molar-refractivity contribution in [2.45, 2.75) is 6.04 Å². The Hall–Kier alpha value is -1.45. The van der Waals surface area contributed by atoms with Crippen molar-refractivity contribution in [2.24, 2.45) is 0 Å². The van der Waals surface area contributed by atoms with Gasteiger partial charge in [-0.05, 0) is 12.1 Å². The number of hydrogen-bond donors (Lipinski definition) is 3. The van der Waals surface area contributed by atoms with E-state index in [4.69, 9.17) is 0 Å². The fourth-order valence-corrected chi connectivity index (χ4v) is 2.61. The third kappa shape index (κ3) is 4.52. The summed E-state index contributed by atoms with van der Waals surface area (Å²) < 4.78 is 39.0. The van der Waals surface area contributed by atoms with E-state index < -0.39 is 29.0 Å². The normalized spacial score (nSPS) is 16.8. The molecule has 22 heavy (non-hydrogen) atoms. The lowest BCUT2D eigenvalue weighted by Gasteiger charge is -2.11. The van der Waals surface area contributed by atoms with E-state index in [2.05, 4.69) is 16.0 Å². The number of benzene rings is 1. The van der Waals surface area contributed by atoms with Gasteiger partial charge >= 0.3 is 0 Å². The van der Waals surface area contributed by atoms with Crippen LogP contribution in [0.2, 0.25) is 0 Å². The first-order valence-corrected chi connectivity index (χ1v) is 7.16. The fraction of sp³-hybridized carbons (Fsp3) is 0.333. The first-order chi connectivity index (χ1) is 9.99. The molecule has 1 aromatic carbocycles. The first kappa shape index (κ1) is 18.6. The summed E-state index contributed by atoms with van der Waals surface area (Å²) in [4.78, 5) is 23.2. The zero-order valence-corrected chi connectivity index (χ0v) is 12.8. The monoisotopic (exact) mass is 355 g/mol. The number of halogens is 4. The SMILES string of the molecule is Cl.O=C(CNC(=O)C1CSCN1)Nc1ccc(F)c(F)c1F. The van der Waals surface area contributed by atoms with Crippen LogP contribution in [-0.2, 0) is 9.59 Å². The van der Waals surface area contributed by atoms with Gasteiger partial charge in [-0.25, -0.2) is 13.2 Å². The van der Waals surface area contributed by atoms with Crippen molar-refractivity contribution in [1.82, 2.24) is 10.6 Å². The molecule has 1 fully saturated rings. The van der Waals surface area contributed by atoms with E-state index in [9.17, 15) is 22.8 Å². The van der Waals surface area contributed by atoms with E-state index in [0.29, 0.717) is 17.7 Å². The van der Waals surface area contributed by atoms with Gasteiger partial charge in [0.05, 0.1) is 18.3 Å². The fourth-order valence-electron chi connectivity index (χ4n) is 1.67. The highest BCUT2D eigenvalue weighted by Crippen LogP contribution is 2.19. The minimum absolute atomic E-state index is 0. The molecule has 0 saturated carbocycles. The number of carbonyl (C=O) groups is 2.